The van der Waals surface area contributed by atoms with Gasteiger partial charge in [0.25, 0.3) is 5.91 Å². The van der Waals surface area contributed by atoms with Crippen molar-refractivity contribution in [2.45, 2.75) is 12.0 Å². The summed E-state index contributed by atoms with van der Waals surface area (Å²) >= 11 is 4.92. The maximum absolute atomic E-state index is 12.3. The van der Waals surface area contributed by atoms with Gasteiger partial charge in [0.15, 0.2) is 0 Å². The summed E-state index contributed by atoms with van der Waals surface area (Å²) in [7, 11) is 0. The molecule has 0 radical (unpaired) electrons. The Morgan fingerprint density at radius 3 is 2.86 bits per heavy atom. The van der Waals surface area contributed by atoms with Crippen LogP contribution >= 0.6 is 27.7 Å². The summed E-state index contributed by atoms with van der Waals surface area (Å²) in [6.07, 6.45) is 0.449. The van der Waals surface area contributed by atoms with Crippen LogP contribution in [-0.4, -0.2) is 39.0 Å². The molecule has 1 aromatic carbocycles. The number of rotatable bonds is 3. The lowest BCUT2D eigenvalue weighted by molar-refractivity contribution is -0.143. The van der Waals surface area contributed by atoms with Gasteiger partial charge < -0.3 is 15.4 Å². The predicted octanol–water partition coefficient (Wildman–Crippen LogP) is 2.62. The highest BCUT2D eigenvalue weighted by Crippen LogP contribution is 2.29. The average Bonchev–Trinajstić information content (AvgIpc) is 3.05. The highest BCUT2D eigenvalue weighted by molar-refractivity contribution is 9.10. The molecule has 0 saturated carbocycles. The van der Waals surface area contributed by atoms with E-state index in [1.54, 1.807) is 17.8 Å². The summed E-state index contributed by atoms with van der Waals surface area (Å²) < 4.78 is 0.926. The zero-order valence-corrected chi connectivity index (χ0v) is 13.4. The summed E-state index contributed by atoms with van der Waals surface area (Å²) in [6, 6.07) is 7.38. The Morgan fingerprint density at radius 1 is 1.38 bits per heavy atom. The minimum atomic E-state index is -1.15. The zero-order valence-electron chi connectivity index (χ0n) is 11.0. The van der Waals surface area contributed by atoms with E-state index in [1.807, 2.05) is 18.2 Å². The van der Waals surface area contributed by atoms with Crippen LogP contribution in [0.5, 0.6) is 0 Å². The summed E-state index contributed by atoms with van der Waals surface area (Å²) in [5, 5.41) is 13.0. The highest BCUT2D eigenvalue weighted by atomic mass is 79.9. The molecule has 1 fully saturated rings. The van der Waals surface area contributed by atoms with E-state index >= 15 is 0 Å². The molecule has 2 heterocycles. The molecule has 110 valence electrons. The number of aliphatic carboxylic acids is 1. The maximum atomic E-state index is 12.3. The van der Waals surface area contributed by atoms with Crippen molar-refractivity contribution < 1.29 is 14.7 Å². The first kappa shape index (κ1) is 14.5. The Bertz CT molecular complexity index is 722. The molecule has 3 rings (SSSR count). The molecule has 1 atom stereocenters. The number of carboxylic acids is 1. The van der Waals surface area contributed by atoms with E-state index in [1.165, 1.54) is 0 Å². The molecule has 7 heteroatoms. The van der Waals surface area contributed by atoms with E-state index in [0.29, 0.717) is 17.9 Å². The van der Waals surface area contributed by atoms with Crippen LogP contribution in [0.2, 0.25) is 0 Å². The normalized spacial score (nSPS) is 21.6. The van der Waals surface area contributed by atoms with Crippen LogP contribution in [0.1, 0.15) is 16.9 Å². The van der Waals surface area contributed by atoms with Gasteiger partial charge >= 0.3 is 5.97 Å². The summed E-state index contributed by atoms with van der Waals surface area (Å²) in [5.41, 5.74) is 0.0637. The number of carboxylic acid groups (broad SMARTS) is 1. The smallest absolute Gasteiger partial charge is 0.330 e. The molecule has 1 aliphatic heterocycles. The van der Waals surface area contributed by atoms with Gasteiger partial charge in [-0.3, -0.25) is 4.79 Å². The van der Waals surface area contributed by atoms with Crippen molar-refractivity contribution in [3.05, 3.63) is 34.4 Å². The second kappa shape index (κ2) is 5.38. The number of carbonyl (C=O) groups excluding carboxylic acids is 1. The molecule has 1 saturated heterocycles. The molecular weight excluding hydrogens is 356 g/mol. The van der Waals surface area contributed by atoms with Gasteiger partial charge in [-0.25, -0.2) is 4.79 Å². The molecule has 1 unspecified atom stereocenters. The Kier molecular flexibility index (Phi) is 3.71. The van der Waals surface area contributed by atoms with Crippen LogP contribution in [0.15, 0.2) is 28.7 Å². The summed E-state index contributed by atoms with van der Waals surface area (Å²) in [5.74, 6) is -0.210. The first-order valence-corrected chi connectivity index (χ1v) is 8.37. The predicted molar refractivity (Wildman–Crippen MR) is 85.8 cm³/mol. The number of hydrogen-bond acceptors (Lipinski definition) is 3. The molecule has 0 aliphatic carbocycles. The van der Waals surface area contributed by atoms with E-state index in [-0.39, 0.29) is 5.91 Å². The van der Waals surface area contributed by atoms with Gasteiger partial charge in [0.1, 0.15) is 11.2 Å². The van der Waals surface area contributed by atoms with E-state index in [9.17, 15) is 14.7 Å². The second-order valence-corrected chi connectivity index (χ2v) is 7.08. The van der Waals surface area contributed by atoms with Gasteiger partial charge in [0.05, 0.1) is 0 Å². The van der Waals surface area contributed by atoms with E-state index in [4.69, 9.17) is 0 Å². The van der Waals surface area contributed by atoms with Crippen LogP contribution in [0.4, 0.5) is 0 Å². The molecule has 21 heavy (non-hydrogen) atoms. The van der Waals surface area contributed by atoms with Crippen molar-refractivity contribution >= 4 is 50.5 Å². The molecular formula is C14H13BrN2O3S. The van der Waals surface area contributed by atoms with Gasteiger partial charge in [0.2, 0.25) is 0 Å². The number of halogens is 1. The number of carbonyl (C=O) groups is 2. The number of amides is 1. The van der Waals surface area contributed by atoms with E-state index in [2.05, 4.69) is 26.2 Å². The number of aromatic amines is 1. The number of aromatic nitrogens is 1. The summed E-state index contributed by atoms with van der Waals surface area (Å²) in [6.45, 7) is 0. The van der Waals surface area contributed by atoms with Crippen molar-refractivity contribution in [3.8, 4) is 0 Å². The third kappa shape index (κ3) is 2.67. The molecule has 1 aromatic heterocycles. The number of hydrogen-bond donors (Lipinski definition) is 3. The Balaban J connectivity index is 1.88. The summed E-state index contributed by atoms with van der Waals surface area (Å²) in [4.78, 5) is 26.8. The lowest BCUT2D eigenvalue weighted by Crippen LogP contribution is -2.54. The molecule has 3 N–H and O–H groups in total. The topological polar surface area (TPSA) is 82.2 Å². The van der Waals surface area contributed by atoms with Crippen LogP contribution in [0.25, 0.3) is 10.9 Å². The highest BCUT2D eigenvalue weighted by Gasteiger charge is 2.43. The maximum Gasteiger partial charge on any atom is 0.330 e. The number of thioether (sulfide) groups is 1. The van der Waals surface area contributed by atoms with Crippen LogP contribution in [0, 0.1) is 0 Å². The SMILES string of the molecule is O=C(NC1(C(=O)O)CCSC1)c1cc2cc(Br)ccc2[nH]1. The molecule has 1 amide bonds. The van der Waals surface area contributed by atoms with Crippen LogP contribution < -0.4 is 5.32 Å². The van der Waals surface area contributed by atoms with Gasteiger partial charge in [0, 0.05) is 21.1 Å². The number of benzene rings is 1. The largest absolute Gasteiger partial charge is 0.479 e. The van der Waals surface area contributed by atoms with Gasteiger partial charge in [-0.1, -0.05) is 15.9 Å². The Labute approximate surface area is 133 Å². The van der Waals surface area contributed by atoms with E-state index in [0.717, 1.165) is 21.1 Å². The third-order valence-electron chi connectivity index (χ3n) is 3.61. The van der Waals surface area contributed by atoms with Crippen LogP contribution in [0.3, 0.4) is 0 Å². The minimum Gasteiger partial charge on any atom is -0.479 e. The minimum absolute atomic E-state index is 0.376. The Hall–Kier alpha value is -1.47. The molecule has 5 nitrogen and oxygen atoms in total. The van der Waals surface area contributed by atoms with Crippen molar-refractivity contribution in [2.75, 3.05) is 11.5 Å². The first-order chi connectivity index (χ1) is 10.00. The first-order valence-electron chi connectivity index (χ1n) is 6.42. The number of nitrogens with one attached hydrogen (secondary N) is 2. The van der Waals surface area contributed by atoms with Crippen molar-refractivity contribution in [3.63, 3.8) is 0 Å². The quantitative estimate of drug-likeness (QED) is 0.777. The average molecular weight is 369 g/mol. The fraction of sp³-hybridized carbons (Fsp3) is 0.286. The van der Waals surface area contributed by atoms with E-state index < -0.39 is 11.5 Å². The second-order valence-electron chi connectivity index (χ2n) is 5.06. The zero-order chi connectivity index (χ0) is 15.0. The third-order valence-corrected chi connectivity index (χ3v) is 5.29. The van der Waals surface area contributed by atoms with Gasteiger partial charge in [-0.15, -0.1) is 0 Å². The van der Waals surface area contributed by atoms with Crippen molar-refractivity contribution in [1.29, 1.82) is 0 Å². The molecule has 0 bridgehead atoms. The molecule has 0 spiro atoms. The number of H-pyrrole nitrogens is 1. The number of fused-ring (bicyclic) bond motifs is 1. The standard InChI is InChI=1S/C14H13BrN2O3S/c15-9-1-2-10-8(5-9)6-11(16-10)12(18)17-14(13(19)20)3-4-21-7-14/h1-2,5-6,16H,3-4,7H2,(H,17,18)(H,19,20). The monoisotopic (exact) mass is 368 g/mol. The van der Waals surface area contributed by atoms with Crippen LogP contribution in [-0.2, 0) is 4.79 Å². The fourth-order valence-corrected chi connectivity index (χ4v) is 4.10. The van der Waals surface area contributed by atoms with Gasteiger partial charge in [-0.05, 0) is 36.4 Å². The van der Waals surface area contributed by atoms with Crippen molar-refractivity contribution in [2.24, 2.45) is 0 Å². The Morgan fingerprint density at radius 2 is 2.19 bits per heavy atom. The lowest BCUT2D eigenvalue weighted by atomic mass is 9.99. The molecule has 1 aliphatic rings. The van der Waals surface area contributed by atoms with Gasteiger partial charge in [-0.2, -0.15) is 11.8 Å². The lowest BCUT2D eigenvalue weighted by Gasteiger charge is -2.24. The molecule has 2 aromatic rings. The van der Waals surface area contributed by atoms with Crippen molar-refractivity contribution in [1.82, 2.24) is 10.3 Å². The fourth-order valence-electron chi connectivity index (χ4n) is 2.40.